The van der Waals surface area contributed by atoms with Crippen LogP contribution in [-0.4, -0.2) is 16.8 Å². The van der Waals surface area contributed by atoms with E-state index in [1.807, 2.05) is 19.1 Å². The van der Waals surface area contributed by atoms with Crippen LogP contribution < -0.4 is 0 Å². The summed E-state index contributed by atoms with van der Waals surface area (Å²) in [6.45, 7) is 8.44. The van der Waals surface area contributed by atoms with Crippen LogP contribution in [0.2, 0.25) is 0 Å². The smallest absolute Gasteiger partial charge is 0.122 e. The van der Waals surface area contributed by atoms with Gasteiger partial charge in [-0.3, -0.25) is 0 Å². The molecule has 1 rings (SSSR count). The number of aromatic hydroxyl groups is 1. The maximum atomic E-state index is 10.2. The standard InChI is InChI=1S/C14H22O2/c1-5-11-8-10(6-7-15)9-12(13(11)16)14(2,3)4/h8-9,15-16H,5-7H2,1-4H3. The molecule has 0 saturated heterocycles. The molecule has 0 saturated carbocycles. The maximum absolute atomic E-state index is 10.2. The molecule has 0 fully saturated rings. The zero-order chi connectivity index (χ0) is 12.3. The molecule has 1 aromatic rings. The van der Waals surface area contributed by atoms with Crippen LogP contribution in [0.15, 0.2) is 12.1 Å². The second-order valence-electron chi connectivity index (χ2n) is 5.23. The summed E-state index contributed by atoms with van der Waals surface area (Å²) in [5.74, 6) is 0.414. The predicted molar refractivity (Wildman–Crippen MR) is 67.0 cm³/mol. The molecule has 0 radical (unpaired) electrons. The van der Waals surface area contributed by atoms with E-state index in [2.05, 4.69) is 20.8 Å². The molecule has 0 unspecified atom stereocenters. The number of aryl methyl sites for hydroxylation is 1. The van der Waals surface area contributed by atoms with Crippen LogP contribution in [0.5, 0.6) is 5.75 Å². The Kier molecular flexibility index (Phi) is 3.98. The Balaban J connectivity index is 3.30. The van der Waals surface area contributed by atoms with Gasteiger partial charge in [0.05, 0.1) is 0 Å². The topological polar surface area (TPSA) is 40.5 Å². The number of phenolic OH excluding ortho intramolecular Hbond substituents is 1. The molecule has 0 amide bonds. The Hall–Kier alpha value is -1.02. The van der Waals surface area contributed by atoms with Crippen LogP contribution in [-0.2, 0) is 18.3 Å². The van der Waals surface area contributed by atoms with Crippen molar-refractivity contribution in [1.82, 2.24) is 0 Å². The number of hydrogen-bond donors (Lipinski definition) is 2. The average Bonchev–Trinajstić information content (AvgIpc) is 2.19. The summed E-state index contributed by atoms with van der Waals surface area (Å²) < 4.78 is 0. The lowest BCUT2D eigenvalue weighted by molar-refractivity contribution is 0.299. The van der Waals surface area contributed by atoms with E-state index >= 15 is 0 Å². The van der Waals surface area contributed by atoms with Crippen molar-refractivity contribution in [3.05, 3.63) is 28.8 Å². The summed E-state index contributed by atoms with van der Waals surface area (Å²) in [6.07, 6.45) is 1.46. The third-order valence-corrected chi connectivity index (χ3v) is 2.84. The quantitative estimate of drug-likeness (QED) is 0.825. The molecule has 0 aliphatic carbocycles. The molecule has 0 aliphatic rings. The first-order valence-electron chi connectivity index (χ1n) is 5.86. The van der Waals surface area contributed by atoms with Crippen molar-refractivity contribution < 1.29 is 10.2 Å². The Bertz CT molecular complexity index is 362. The van der Waals surface area contributed by atoms with E-state index in [4.69, 9.17) is 5.11 Å². The molecule has 0 heterocycles. The minimum Gasteiger partial charge on any atom is -0.507 e. The van der Waals surface area contributed by atoms with Crippen LogP contribution in [0.3, 0.4) is 0 Å². The second-order valence-corrected chi connectivity index (χ2v) is 5.23. The summed E-state index contributed by atoms with van der Waals surface area (Å²) in [6, 6.07) is 3.99. The zero-order valence-corrected chi connectivity index (χ0v) is 10.7. The van der Waals surface area contributed by atoms with Gasteiger partial charge in [0, 0.05) is 6.61 Å². The highest BCUT2D eigenvalue weighted by Crippen LogP contribution is 2.34. The number of hydrogen-bond acceptors (Lipinski definition) is 2. The van der Waals surface area contributed by atoms with Gasteiger partial charge in [-0.15, -0.1) is 0 Å². The molecule has 2 nitrogen and oxygen atoms in total. The highest BCUT2D eigenvalue weighted by Gasteiger charge is 2.20. The Morgan fingerprint density at radius 3 is 2.25 bits per heavy atom. The van der Waals surface area contributed by atoms with Crippen LogP contribution >= 0.6 is 0 Å². The van der Waals surface area contributed by atoms with E-state index in [0.29, 0.717) is 12.2 Å². The monoisotopic (exact) mass is 222 g/mol. The largest absolute Gasteiger partial charge is 0.507 e. The first kappa shape index (κ1) is 13.0. The number of aliphatic hydroxyl groups excluding tert-OH is 1. The fourth-order valence-corrected chi connectivity index (χ4v) is 1.88. The summed E-state index contributed by atoms with van der Waals surface area (Å²) in [5.41, 5.74) is 2.97. The molecule has 0 aliphatic heterocycles. The van der Waals surface area contributed by atoms with E-state index in [-0.39, 0.29) is 12.0 Å². The normalized spacial score (nSPS) is 11.8. The number of phenols is 1. The molecule has 1 aromatic carbocycles. The van der Waals surface area contributed by atoms with Gasteiger partial charge in [-0.2, -0.15) is 0 Å². The number of benzene rings is 1. The molecule has 0 atom stereocenters. The van der Waals surface area contributed by atoms with E-state index < -0.39 is 0 Å². The number of aliphatic hydroxyl groups is 1. The van der Waals surface area contributed by atoms with Crippen molar-refractivity contribution in [1.29, 1.82) is 0 Å². The molecule has 0 spiro atoms. The highest BCUT2D eigenvalue weighted by molar-refractivity contribution is 5.47. The molecule has 0 bridgehead atoms. The van der Waals surface area contributed by atoms with Gasteiger partial charge in [0.25, 0.3) is 0 Å². The van der Waals surface area contributed by atoms with Crippen molar-refractivity contribution in [3.63, 3.8) is 0 Å². The van der Waals surface area contributed by atoms with Gasteiger partial charge < -0.3 is 10.2 Å². The Labute approximate surface area is 97.9 Å². The van der Waals surface area contributed by atoms with Gasteiger partial charge in [-0.1, -0.05) is 39.8 Å². The first-order valence-corrected chi connectivity index (χ1v) is 5.86. The third kappa shape index (κ3) is 2.76. The van der Waals surface area contributed by atoms with Gasteiger partial charge in [0.15, 0.2) is 0 Å². The highest BCUT2D eigenvalue weighted by atomic mass is 16.3. The predicted octanol–water partition coefficient (Wildman–Crippen LogP) is 2.79. The van der Waals surface area contributed by atoms with E-state index in [9.17, 15) is 5.11 Å². The average molecular weight is 222 g/mol. The SMILES string of the molecule is CCc1cc(CCO)cc(C(C)(C)C)c1O. The Morgan fingerprint density at radius 1 is 1.19 bits per heavy atom. The Morgan fingerprint density at radius 2 is 1.81 bits per heavy atom. The molecular weight excluding hydrogens is 200 g/mol. The van der Waals surface area contributed by atoms with E-state index in [0.717, 1.165) is 23.1 Å². The summed E-state index contributed by atoms with van der Waals surface area (Å²) in [7, 11) is 0. The van der Waals surface area contributed by atoms with E-state index in [1.165, 1.54) is 0 Å². The molecule has 2 N–H and O–H groups in total. The van der Waals surface area contributed by atoms with Crippen LogP contribution in [0.25, 0.3) is 0 Å². The molecule has 2 heteroatoms. The zero-order valence-electron chi connectivity index (χ0n) is 10.7. The minimum atomic E-state index is -0.0700. The van der Waals surface area contributed by atoms with Crippen molar-refractivity contribution >= 4 is 0 Å². The molecular formula is C14H22O2. The van der Waals surface area contributed by atoms with Crippen LogP contribution in [0, 0.1) is 0 Å². The number of rotatable bonds is 3. The van der Waals surface area contributed by atoms with Gasteiger partial charge in [-0.05, 0) is 34.9 Å². The van der Waals surface area contributed by atoms with Crippen LogP contribution in [0.1, 0.15) is 44.4 Å². The fourth-order valence-electron chi connectivity index (χ4n) is 1.88. The van der Waals surface area contributed by atoms with Gasteiger partial charge in [0.2, 0.25) is 0 Å². The summed E-state index contributed by atoms with van der Waals surface area (Å²) in [5, 5.41) is 19.1. The lowest BCUT2D eigenvalue weighted by Gasteiger charge is -2.23. The second kappa shape index (κ2) is 4.88. The van der Waals surface area contributed by atoms with Crippen molar-refractivity contribution in [2.45, 2.75) is 46.0 Å². The van der Waals surface area contributed by atoms with Crippen molar-refractivity contribution in [3.8, 4) is 5.75 Å². The molecule has 16 heavy (non-hydrogen) atoms. The lowest BCUT2D eigenvalue weighted by Crippen LogP contribution is -2.13. The fraction of sp³-hybridized carbons (Fsp3) is 0.571. The maximum Gasteiger partial charge on any atom is 0.122 e. The van der Waals surface area contributed by atoms with Crippen molar-refractivity contribution in [2.75, 3.05) is 6.61 Å². The third-order valence-electron chi connectivity index (χ3n) is 2.84. The van der Waals surface area contributed by atoms with Gasteiger partial charge in [0.1, 0.15) is 5.75 Å². The van der Waals surface area contributed by atoms with Crippen molar-refractivity contribution in [2.24, 2.45) is 0 Å². The lowest BCUT2D eigenvalue weighted by atomic mass is 9.83. The van der Waals surface area contributed by atoms with Gasteiger partial charge >= 0.3 is 0 Å². The minimum absolute atomic E-state index is 0.0700. The summed E-state index contributed by atoms with van der Waals surface area (Å²) >= 11 is 0. The molecule has 0 aromatic heterocycles. The van der Waals surface area contributed by atoms with Gasteiger partial charge in [-0.25, -0.2) is 0 Å². The molecule has 90 valence electrons. The first-order chi connectivity index (χ1) is 7.40. The summed E-state index contributed by atoms with van der Waals surface area (Å²) in [4.78, 5) is 0. The van der Waals surface area contributed by atoms with E-state index in [1.54, 1.807) is 0 Å². The van der Waals surface area contributed by atoms with Crippen LogP contribution in [0.4, 0.5) is 0 Å².